The third-order valence-electron chi connectivity index (χ3n) is 4.00. The van der Waals surface area contributed by atoms with Crippen molar-refractivity contribution in [3.8, 4) is 17.1 Å². The molecule has 0 bridgehead atoms. The maximum atomic E-state index is 12.0. The van der Waals surface area contributed by atoms with Crippen LogP contribution in [0.25, 0.3) is 11.4 Å². The molecular weight excluding hydrogens is 362 g/mol. The summed E-state index contributed by atoms with van der Waals surface area (Å²) < 4.78 is 10.3. The van der Waals surface area contributed by atoms with E-state index >= 15 is 0 Å². The van der Waals surface area contributed by atoms with Gasteiger partial charge in [0, 0.05) is 24.1 Å². The van der Waals surface area contributed by atoms with E-state index in [0.717, 1.165) is 11.3 Å². The average Bonchev–Trinajstić information content (AvgIpc) is 3.17. The van der Waals surface area contributed by atoms with Crippen molar-refractivity contribution < 1.29 is 24.0 Å². The van der Waals surface area contributed by atoms with Crippen LogP contribution >= 0.6 is 0 Å². The monoisotopic (exact) mass is 381 g/mol. The van der Waals surface area contributed by atoms with E-state index in [1.807, 2.05) is 24.3 Å². The third-order valence-corrected chi connectivity index (χ3v) is 4.00. The van der Waals surface area contributed by atoms with Crippen molar-refractivity contribution in [2.24, 2.45) is 0 Å². The maximum Gasteiger partial charge on any atom is 0.335 e. The molecule has 0 spiro atoms. The maximum absolute atomic E-state index is 12.0. The molecule has 3 rings (SSSR count). The Morgan fingerprint density at radius 3 is 2.68 bits per heavy atom. The summed E-state index contributed by atoms with van der Waals surface area (Å²) in [4.78, 5) is 27.3. The van der Waals surface area contributed by atoms with Gasteiger partial charge in [0.25, 0.3) is 0 Å². The predicted octanol–water partition coefficient (Wildman–Crippen LogP) is 3.40. The van der Waals surface area contributed by atoms with Gasteiger partial charge in [0.15, 0.2) is 0 Å². The molecule has 144 valence electrons. The van der Waals surface area contributed by atoms with Crippen LogP contribution in [-0.2, 0) is 11.2 Å². The minimum atomic E-state index is -1.04. The van der Waals surface area contributed by atoms with Crippen LogP contribution in [0.3, 0.4) is 0 Å². The van der Waals surface area contributed by atoms with E-state index < -0.39 is 5.97 Å². The number of aromatic nitrogens is 2. The van der Waals surface area contributed by atoms with Crippen LogP contribution in [0, 0.1) is 0 Å². The van der Waals surface area contributed by atoms with Crippen molar-refractivity contribution in [1.29, 1.82) is 0 Å². The fourth-order valence-corrected chi connectivity index (χ4v) is 2.57. The second-order valence-corrected chi connectivity index (χ2v) is 6.03. The molecule has 0 saturated heterocycles. The highest BCUT2D eigenvalue weighted by molar-refractivity contribution is 5.93. The number of carboxylic acids is 1. The van der Waals surface area contributed by atoms with Gasteiger partial charge in [0.05, 0.1) is 12.7 Å². The lowest BCUT2D eigenvalue weighted by molar-refractivity contribution is -0.116. The molecule has 0 unspecified atom stereocenters. The average molecular weight is 381 g/mol. The number of amides is 1. The lowest BCUT2D eigenvalue weighted by atomic mass is 10.2. The van der Waals surface area contributed by atoms with E-state index in [9.17, 15) is 9.59 Å². The number of nitrogens with one attached hydrogen (secondary N) is 1. The van der Waals surface area contributed by atoms with Crippen molar-refractivity contribution in [2.75, 3.05) is 12.4 Å². The van der Waals surface area contributed by atoms with Crippen molar-refractivity contribution in [1.82, 2.24) is 10.1 Å². The van der Waals surface area contributed by atoms with Crippen LogP contribution in [0.2, 0.25) is 0 Å². The van der Waals surface area contributed by atoms with Crippen LogP contribution in [0.4, 0.5) is 5.69 Å². The van der Waals surface area contributed by atoms with Gasteiger partial charge in [-0.2, -0.15) is 4.98 Å². The van der Waals surface area contributed by atoms with Gasteiger partial charge in [-0.05, 0) is 48.9 Å². The number of carboxylic acid groups (broad SMARTS) is 1. The van der Waals surface area contributed by atoms with E-state index in [1.165, 1.54) is 12.1 Å². The van der Waals surface area contributed by atoms with Gasteiger partial charge in [0.2, 0.25) is 17.6 Å². The van der Waals surface area contributed by atoms with Crippen LogP contribution in [0.1, 0.15) is 29.1 Å². The number of aryl methyl sites for hydroxylation is 1. The number of benzene rings is 2. The van der Waals surface area contributed by atoms with Crippen molar-refractivity contribution in [3.63, 3.8) is 0 Å². The number of ether oxygens (including phenoxy) is 1. The summed E-state index contributed by atoms with van der Waals surface area (Å²) in [6.07, 6.45) is 1.23. The number of hydrogen-bond acceptors (Lipinski definition) is 6. The topological polar surface area (TPSA) is 115 Å². The highest BCUT2D eigenvalue weighted by Gasteiger charge is 2.11. The molecule has 8 heteroatoms. The van der Waals surface area contributed by atoms with Crippen molar-refractivity contribution in [2.45, 2.75) is 19.3 Å². The molecule has 28 heavy (non-hydrogen) atoms. The summed E-state index contributed by atoms with van der Waals surface area (Å²) in [6, 6.07) is 13.4. The fraction of sp³-hybridized carbons (Fsp3) is 0.200. The Kier molecular flexibility index (Phi) is 6.01. The summed E-state index contributed by atoms with van der Waals surface area (Å²) in [5.74, 6) is 0.420. The van der Waals surface area contributed by atoms with Gasteiger partial charge in [0.1, 0.15) is 5.75 Å². The molecule has 1 heterocycles. The molecular formula is C20H19N3O5. The lowest BCUT2D eigenvalue weighted by Gasteiger charge is -2.05. The zero-order valence-corrected chi connectivity index (χ0v) is 15.2. The molecule has 3 aromatic rings. The highest BCUT2D eigenvalue weighted by Crippen LogP contribution is 2.20. The van der Waals surface area contributed by atoms with Crippen molar-refractivity contribution >= 4 is 17.6 Å². The number of aromatic carboxylic acids is 1. The number of anilines is 1. The molecule has 0 aliphatic rings. The predicted molar refractivity (Wildman–Crippen MR) is 101 cm³/mol. The van der Waals surface area contributed by atoms with Gasteiger partial charge >= 0.3 is 5.97 Å². The molecule has 8 nitrogen and oxygen atoms in total. The summed E-state index contributed by atoms with van der Waals surface area (Å²) >= 11 is 0. The quantitative estimate of drug-likeness (QED) is 0.614. The molecule has 2 aromatic carbocycles. The van der Waals surface area contributed by atoms with Gasteiger partial charge in [-0.15, -0.1) is 0 Å². The van der Waals surface area contributed by atoms with Crippen LogP contribution < -0.4 is 10.1 Å². The molecule has 0 saturated carbocycles. The Morgan fingerprint density at radius 1 is 1.18 bits per heavy atom. The first kappa shape index (κ1) is 19.1. The summed E-state index contributed by atoms with van der Waals surface area (Å²) in [6.45, 7) is 0. The normalized spacial score (nSPS) is 10.5. The Balaban J connectivity index is 1.49. The Hall–Kier alpha value is -3.68. The second-order valence-electron chi connectivity index (χ2n) is 6.03. The SMILES string of the molecule is COc1ccc(-c2noc(CCCC(=O)Nc3cccc(C(=O)O)c3)n2)cc1. The van der Waals surface area contributed by atoms with E-state index in [0.29, 0.717) is 30.2 Å². The summed E-state index contributed by atoms with van der Waals surface area (Å²) in [5.41, 5.74) is 1.38. The number of hydrogen-bond donors (Lipinski definition) is 2. The Morgan fingerprint density at radius 2 is 1.96 bits per heavy atom. The fourth-order valence-electron chi connectivity index (χ4n) is 2.57. The minimum Gasteiger partial charge on any atom is -0.497 e. The largest absolute Gasteiger partial charge is 0.497 e. The first-order chi connectivity index (χ1) is 13.5. The summed E-state index contributed by atoms with van der Waals surface area (Å²) in [5, 5.41) is 15.6. The van der Waals surface area contributed by atoms with Gasteiger partial charge < -0.3 is 19.7 Å². The molecule has 0 atom stereocenters. The van der Waals surface area contributed by atoms with E-state index in [2.05, 4.69) is 15.5 Å². The van der Waals surface area contributed by atoms with Gasteiger partial charge in [-0.25, -0.2) is 4.79 Å². The number of carbonyl (C=O) groups excluding carboxylic acids is 1. The van der Waals surface area contributed by atoms with Crippen molar-refractivity contribution in [3.05, 3.63) is 60.0 Å². The molecule has 1 amide bonds. The summed E-state index contributed by atoms with van der Waals surface area (Å²) in [7, 11) is 1.60. The smallest absolute Gasteiger partial charge is 0.335 e. The number of rotatable bonds is 8. The molecule has 0 aliphatic carbocycles. The second kappa shape index (κ2) is 8.81. The number of nitrogens with zero attached hydrogens (tertiary/aromatic N) is 2. The third kappa shape index (κ3) is 4.94. The highest BCUT2D eigenvalue weighted by atomic mass is 16.5. The number of methoxy groups -OCH3 is 1. The molecule has 2 N–H and O–H groups in total. The Bertz CT molecular complexity index is 966. The standard InChI is InChI=1S/C20H19N3O5/c1-27-16-10-8-13(9-11-16)19-22-18(28-23-19)7-3-6-17(24)21-15-5-2-4-14(12-15)20(25)26/h2,4-5,8-12H,3,6-7H2,1H3,(H,21,24)(H,25,26). The zero-order chi connectivity index (χ0) is 19.9. The van der Waals surface area contributed by atoms with Gasteiger partial charge in [-0.1, -0.05) is 11.2 Å². The van der Waals surface area contributed by atoms with E-state index in [4.69, 9.17) is 14.4 Å². The Labute approximate surface area is 161 Å². The molecule has 0 fully saturated rings. The van der Waals surface area contributed by atoms with E-state index in [-0.39, 0.29) is 17.9 Å². The van der Waals surface area contributed by atoms with Crippen LogP contribution in [-0.4, -0.2) is 34.2 Å². The van der Waals surface area contributed by atoms with Gasteiger partial charge in [-0.3, -0.25) is 4.79 Å². The molecule has 0 radical (unpaired) electrons. The van der Waals surface area contributed by atoms with Crippen LogP contribution in [0.5, 0.6) is 5.75 Å². The lowest BCUT2D eigenvalue weighted by Crippen LogP contribution is -2.12. The minimum absolute atomic E-state index is 0.120. The number of carbonyl (C=O) groups is 2. The van der Waals surface area contributed by atoms with Crippen LogP contribution in [0.15, 0.2) is 53.1 Å². The zero-order valence-electron chi connectivity index (χ0n) is 15.2. The first-order valence-corrected chi connectivity index (χ1v) is 8.65. The van der Waals surface area contributed by atoms with E-state index in [1.54, 1.807) is 19.2 Å². The first-order valence-electron chi connectivity index (χ1n) is 8.65. The molecule has 1 aromatic heterocycles. The molecule has 0 aliphatic heterocycles.